The second-order valence-corrected chi connectivity index (χ2v) is 6.68. The standard InChI is InChI=1S/C13H20BrN3S/c1-8-9(15)7-16-13(12(8)14)17-10-5-3-4-6-11(10)18-2/h7,10-11H,3-6,15H2,1-2H3,(H,16,17). The van der Waals surface area contributed by atoms with Crippen LogP contribution >= 0.6 is 27.7 Å². The highest BCUT2D eigenvalue weighted by atomic mass is 79.9. The van der Waals surface area contributed by atoms with Crippen molar-refractivity contribution >= 4 is 39.2 Å². The van der Waals surface area contributed by atoms with Gasteiger partial charge in [-0.15, -0.1) is 0 Å². The van der Waals surface area contributed by atoms with Crippen LogP contribution in [0.15, 0.2) is 10.7 Å². The minimum atomic E-state index is 0.514. The highest BCUT2D eigenvalue weighted by Gasteiger charge is 2.25. The summed E-state index contributed by atoms with van der Waals surface area (Å²) in [6, 6.07) is 0.514. The van der Waals surface area contributed by atoms with E-state index in [4.69, 9.17) is 5.73 Å². The predicted octanol–water partition coefficient (Wildman–Crippen LogP) is 3.82. The molecule has 1 heterocycles. The van der Waals surface area contributed by atoms with Crippen LogP contribution in [-0.2, 0) is 0 Å². The van der Waals surface area contributed by atoms with Crippen molar-refractivity contribution in [2.75, 3.05) is 17.3 Å². The SMILES string of the molecule is CSC1CCCCC1Nc1ncc(N)c(C)c1Br. The zero-order valence-corrected chi connectivity index (χ0v) is 13.3. The molecule has 18 heavy (non-hydrogen) atoms. The molecule has 3 N–H and O–H groups in total. The minimum absolute atomic E-state index is 0.514. The van der Waals surface area contributed by atoms with Gasteiger partial charge in [0.25, 0.3) is 0 Å². The summed E-state index contributed by atoms with van der Waals surface area (Å²) < 4.78 is 0.993. The quantitative estimate of drug-likeness (QED) is 0.885. The molecule has 5 heteroatoms. The third-order valence-corrected chi connectivity index (χ3v) is 5.77. The molecule has 3 nitrogen and oxygen atoms in total. The number of anilines is 2. The van der Waals surface area contributed by atoms with Crippen molar-refractivity contribution < 1.29 is 0 Å². The Bertz CT molecular complexity index is 425. The third kappa shape index (κ3) is 2.94. The van der Waals surface area contributed by atoms with E-state index in [0.717, 1.165) is 21.5 Å². The molecule has 1 aromatic rings. The summed E-state index contributed by atoms with van der Waals surface area (Å²) in [5.74, 6) is 0.924. The van der Waals surface area contributed by atoms with Crippen LogP contribution in [0.25, 0.3) is 0 Å². The van der Waals surface area contributed by atoms with Crippen LogP contribution in [0.5, 0.6) is 0 Å². The number of nitrogens with zero attached hydrogens (tertiary/aromatic N) is 1. The number of pyridine rings is 1. The monoisotopic (exact) mass is 329 g/mol. The number of halogens is 1. The summed E-state index contributed by atoms with van der Waals surface area (Å²) >= 11 is 5.54. The molecule has 100 valence electrons. The second-order valence-electron chi connectivity index (χ2n) is 4.81. The van der Waals surface area contributed by atoms with Crippen LogP contribution in [0, 0.1) is 6.92 Å². The first-order valence-corrected chi connectivity index (χ1v) is 8.41. The fraction of sp³-hybridized carbons (Fsp3) is 0.615. The number of nitrogens with one attached hydrogen (secondary N) is 1. The lowest BCUT2D eigenvalue weighted by Gasteiger charge is -2.31. The maximum Gasteiger partial charge on any atom is 0.140 e. The van der Waals surface area contributed by atoms with Crippen LogP contribution in [0.3, 0.4) is 0 Å². The fourth-order valence-electron chi connectivity index (χ4n) is 2.41. The summed E-state index contributed by atoms with van der Waals surface area (Å²) in [4.78, 5) is 4.41. The first-order chi connectivity index (χ1) is 8.63. The number of hydrogen-bond acceptors (Lipinski definition) is 4. The van der Waals surface area contributed by atoms with Crippen molar-refractivity contribution in [3.8, 4) is 0 Å². The molecule has 0 aromatic carbocycles. The zero-order valence-electron chi connectivity index (χ0n) is 10.9. The zero-order chi connectivity index (χ0) is 13.1. The Labute approximate surface area is 121 Å². The summed E-state index contributed by atoms with van der Waals surface area (Å²) in [7, 11) is 0. The van der Waals surface area contributed by atoms with Crippen molar-refractivity contribution in [1.29, 1.82) is 0 Å². The topological polar surface area (TPSA) is 50.9 Å². The molecule has 0 spiro atoms. The van der Waals surface area contributed by atoms with E-state index in [1.54, 1.807) is 6.20 Å². The maximum atomic E-state index is 5.85. The number of thioether (sulfide) groups is 1. The minimum Gasteiger partial charge on any atom is -0.397 e. The summed E-state index contributed by atoms with van der Waals surface area (Å²) in [6.45, 7) is 2.01. The van der Waals surface area contributed by atoms with Gasteiger partial charge in [-0.1, -0.05) is 12.8 Å². The molecule has 1 fully saturated rings. The molecule has 0 amide bonds. The molecule has 0 saturated heterocycles. The first kappa shape index (κ1) is 14.0. The molecule has 1 aliphatic carbocycles. The molecule has 0 bridgehead atoms. The highest BCUT2D eigenvalue weighted by molar-refractivity contribution is 9.10. The van der Waals surface area contributed by atoms with Gasteiger partial charge in [-0.25, -0.2) is 4.98 Å². The van der Waals surface area contributed by atoms with Gasteiger partial charge in [-0.3, -0.25) is 0 Å². The predicted molar refractivity (Wildman–Crippen MR) is 84.3 cm³/mol. The molecular weight excluding hydrogens is 310 g/mol. The Morgan fingerprint density at radius 3 is 2.89 bits per heavy atom. The van der Waals surface area contributed by atoms with E-state index in [-0.39, 0.29) is 0 Å². The summed E-state index contributed by atoms with van der Waals surface area (Å²) in [5, 5.41) is 4.27. The molecule has 2 unspecified atom stereocenters. The Kier molecular flexibility index (Phi) is 4.78. The van der Waals surface area contributed by atoms with Gasteiger partial charge in [-0.05, 0) is 47.5 Å². The number of rotatable bonds is 3. The van der Waals surface area contributed by atoms with Crippen LogP contribution in [0.4, 0.5) is 11.5 Å². The number of aromatic nitrogens is 1. The van der Waals surface area contributed by atoms with Crippen molar-refractivity contribution in [1.82, 2.24) is 4.98 Å². The molecule has 0 aliphatic heterocycles. The van der Waals surface area contributed by atoms with Gasteiger partial charge in [0.2, 0.25) is 0 Å². The summed E-state index contributed by atoms with van der Waals surface area (Å²) in [6.07, 6.45) is 9.10. The van der Waals surface area contributed by atoms with Crippen molar-refractivity contribution in [2.45, 2.75) is 43.9 Å². The Morgan fingerprint density at radius 2 is 2.17 bits per heavy atom. The second kappa shape index (κ2) is 6.15. The number of nitrogen functional groups attached to an aromatic ring is 1. The Balaban J connectivity index is 2.15. The lowest BCUT2D eigenvalue weighted by Crippen LogP contribution is -2.34. The van der Waals surface area contributed by atoms with E-state index in [0.29, 0.717) is 11.3 Å². The smallest absolute Gasteiger partial charge is 0.140 e. The van der Waals surface area contributed by atoms with Crippen molar-refractivity contribution in [3.63, 3.8) is 0 Å². The average Bonchev–Trinajstić information content (AvgIpc) is 2.40. The molecule has 1 saturated carbocycles. The van der Waals surface area contributed by atoms with Crippen LogP contribution in [0.1, 0.15) is 31.2 Å². The first-order valence-electron chi connectivity index (χ1n) is 6.33. The molecule has 2 rings (SSSR count). The fourth-order valence-corrected chi connectivity index (χ4v) is 3.79. The molecule has 2 atom stereocenters. The van der Waals surface area contributed by atoms with E-state index in [9.17, 15) is 0 Å². The van der Waals surface area contributed by atoms with Crippen LogP contribution in [0.2, 0.25) is 0 Å². The van der Waals surface area contributed by atoms with Gasteiger partial charge in [0.1, 0.15) is 5.82 Å². The lowest BCUT2D eigenvalue weighted by atomic mass is 9.95. The van der Waals surface area contributed by atoms with Crippen LogP contribution in [-0.4, -0.2) is 22.5 Å². The van der Waals surface area contributed by atoms with Gasteiger partial charge in [0.05, 0.1) is 16.4 Å². The van der Waals surface area contributed by atoms with E-state index in [2.05, 4.69) is 32.5 Å². The van der Waals surface area contributed by atoms with E-state index in [1.807, 2.05) is 18.7 Å². The van der Waals surface area contributed by atoms with Gasteiger partial charge in [0.15, 0.2) is 0 Å². The third-order valence-electron chi connectivity index (χ3n) is 3.63. The molecule has 1 aliphatic rings. The van der Waals surface area contributed by atoms with Gasteiger partial charge < -0.3 is 11.1 Å². The highest BCUT2D eigenvalue weighted by Crippen LogP contribution is 2.33. The normalized spacial score (nSPS) is 23.9. The lowest BCUT2D eigenvalue weighted by molar-refractivity contribution is 0.474. The van der Waals surface area contributed by atoms with Crippen LogP contribution < -0.4 is 11.1 Å². The average molecular weight is 330 g/mol. The Morgan fingerprint density at radius 1 is 1.44 bits per heavy atom. The molecule has 0 radical (unpaired) electrons. The van der Waals surface area contributed by atoms with E-state index in [1.165, 1.54) is 25.7 Å². The number of nitrogens with two attached hydrogens (primary N) is 1. The van der Waals surface area contributed by atoms with Gasteiger partial charge in [0, 0.05) is 11.3 Å². The van der Waals surface area contributed by atoms with E-state index < -0.39 is 0 Å². The Hall–Kier alpha value is -0.420. The van der Waals surface area contributed by atoms with Crippen molar-refractivity contribution in [3.05, 3.63) is 16.2 Å². The molecule has 1 aromatic heterocycles. The molecular formula is C13H20BrN3S. The largest absolute Gasteiger partial charge is 0.397 e. The van der Waals surface area contributed by atoms with Crippen molar-refractivity contribution in [2.24, 2.45) is 0 Å². The summed E-state index contributed by atoms with van der Waals surface area (Å²) in [5.41, 5.74) is 7.64. The van der Waals surface area contributed by atoms with Gasteiger partial charge in [-0.2, -0.15) is 11.8 Å². The van der Waals surface area contributed by atoms with Gasteiger partial charge >= 0.3 is 0 Å². The number of hydrogen-bond donors (Lipinski definition) is 2. The maximum absolute atomic E-state index is 5.85. The van der Waals surface area contributed by atoms with E-state index >= 15 is 0 Å².